The Balaban J connectivity index is 1.59. The molecule has 0 N–H and O–H groups in total. The van der Waals surface area contributed by atoms with Crippen LogP contribution in [0, 0.1) is 5.21 Å². The number of hydrogen-bond acceptors (Lipinski definition) is 6. The van der Waals surface area contributed by atoms with Gasteiger partial charge >= 0.3 is 11.7 Å². The van der Waals surface area contributed by atoms with Crippen LogP contribution in [0.5, 0.6) is 11.5 Å². The summed E-state index contributed by atoms with van der Waals surface area (Å²) in [5, 5.41) is 11.5. The minimum atomic E-state index is -0.840. The predicted molar refractivity (Wildman–Crippen MR) is 89.3 cm³/mol. The maximum Gasteiger partial charge on any atom is 0.405 e. The smallest absolute Gasteiger partial charge is 0.405 e. The van der Waals surface area contributed by atoms with Crippen molar-refractivity contribution in [2.45, 2.75) is 13.5 Å². The molecule has 1 aromatic carbocycles. The number of fused-ring (bicyclic) bond motifs is 1. The molecule has 1 aromatic heterocycles. The number of aromatic nitrogens is 1. The third-order valence-corrected chi connectivity index (χ3v) is 3.90. The number of rotatable bonds is 6. The number of hydrogen-bond donors (Lipinski definition) is 0. The van der Waals surface area contributed by atoms with Crippen molar-refractivity contribution in [2.75, 3.05) is 19.9 Å². The van der Waals surface area contributed by atoms with Gasteiger partial charge in [-0.05, 0) is 30.7 Å². The summed E-state index contributed by atoms with van der Waals surface area (Å²) < 4.78 is 16.0. The molecule has 2 heterocycles. The molecule has 8 nitrogen and oxygen atoms in total. The van der Waals surface area contributed by atoms with E-state index in [4.69, 9.17) is 14.2 Å². The van der Waals surface area contributed by atoms with Gasteiger partial charge in [0.2, 0.25) is 6.79 Å². The number of ether oxygens (including phenoxy) is 3. The van der Waals surface area contributed by atoms with Crippen molar-refractivity contribution in [1.29, 1.82) is 0 Å². The second kappa shape index (κ2) is 7.73. The normalized spacial score (nSPS) is 11.9. The molecule has 0 atom stereocenters. The van der Waals surface area contributed by atoms with Crippen molar-refractivity contribution in [3.05, 3.63) is 59.1 Å². The van der Waals surface area contributed by atoms with Crippen molar-refractivity contribution in [3.63, 3.8) is 0 Å². The van der Waals surface area contributed by atoms with Crippen LogP contribution in [0.3, 0.4) is 0 Å². The summed E-state index contributed by atoms with van der Waals surface area (Å²) >= 11 is 0. The summed E-state index contributed by atoms with van der Waals surface area (Å²) in [5.41, 5.74) is 0.704. The number of carbonyl (C=O) groups excluding carboxylic acids is 2. The molecule has 0 spiro atoms. The van der Waals surface area contributed by atoms with Crippen LogP contribution in [0.2, 0.25) is 0 Å². The van der Waals surface area contributed by atoms with Crippen LogP contribution in [0.1, 0.15) is 23.0 Å². The summed E-state index contributed by atoms with van der Waals surface area (Å²) in [7, 11) is 0. The summed E-state index contributed by atoms with van der Waals surface area (Å²) in [5.74, 6) is 0.118. The van der Waals surface area contributed by atoms with Crippen LogP contribution >= 0.6 is 0 Å². The Morgan fingerprint density at radius 1 is 1.23 bits per heavy atom. The van der Waals surface area contributed by atoms with Gasteiger partial charge < -0.3 is 24.3 Å². The molecule has 0 radical (unpaired) electrons. The van der Waals surface area contributed by atoms with Crippen LogP contribution in [-0.4, -0.2) is 36.7 Å². The lowest BCUT2D eigenvalue weighted by Gasteiger charge is -2.21. The maximum absolute atomic E-state index is 12.3. The minimum absolute atomic E-state index is 0.167. The van der Waals surface area contributed by atoms with Gasteiger partial charge in [-0.2, -0.15) is 4.73 Å². The van der Waals surface area contributed by atoms with Gasteiger partial charge in [0.05, 0.1) is 0 Å². The van der Waals surface area contributed by atoms with Gasteiger partial charge in [0.15, 0.2) is 24.3 Å². The molecule has 0 fully saturated rings. The number of benzene rings is 1. The zero-order valence-electron chi connectivity index (χ0n) is 14.2. The Morgan fingerprint density at radius 2 is 2.04 bits per heavy atom. The van der Waals surface area contributed by atoms with Crippen molar-refractivity contribution in [3.8, 4) is 11.5 Å². The molecule has 0 unspecified atom stereocenters. The Bertz CT molecular complexity index is 823. The third kappa shape index (κ3) is 3.85. The van der Waals surface area contributed by atoms with E-state index >= 15 is 0 Å². The fourth-order valence-corrected chi connectivity index (χ4v) is 2.51. The van der Waals surface area contributed by atoms with Crippen molar-refractivity contribution in [1.82, 2.24) is 4.90 Å². The van der Waals surface area contributed by atoms with Crippen molar-refractivity contribution >= 4 is 11.9 Å². The van der Waals surface area contributed by atoms with Crippen LogP contribution in [0.4, 0.5) is 0 Å². The van der Waals surface area contributed by atoms with E-state index in [1.807, 2.05) is 19.1 Å². The van der Waals surface area contributed by atoms with Gasteiger partial charge in [-0.1, -0.05) is 6.07 Å². The van der Waals surface area contributed by atoms with Crippen molar-refractivity contribution in [2.24, 2.45) is 0 Å². The minimum Gasteiger partial charge on any atom is -0.618 e. The monoisotopic (exact) mass is 358 g/mol. The lowest BCUT2D eigenvalue weighted by molar-refractivity contribution is -0.608. The van der Waals surface area contributed by atoms with Crippen LogP contribution in [0.25, 0.3) is 0 Å². The highest BCUT2D eigenvalue weighted by atomic mass is 16.7. The molecular weight excluding hydrogens is 340 g/mol. The molecule has 136 valence electrons. The number of pyridine rings is 1. The predicted octanol–water partition coefficient (Wildman–Crippen LogP) is 1.25. The Morgan fingerprint density at radius 3 is 2.81 bits per heavy atom. The lowest BCUT2D eigenvalue weighted by atomic mass is 10.2. The zero-order chi connectivity index (χ0) is 18.5. The molecule has 1 aliphatic rings. The number of carbonyl (C=O) groups is 2. The van der Waals surface area contributed by atoms with Crippen LogP contribution in [0.15, 0.2) is 42.6 Å². The molecule has 3 rings (SSSR count). The van der Waals surface area contributed by atoms with E-state index < -0.39 is 12.6 Å². The summed E-state index contributed by atoms with van der Waals surface area (Å²) in [4.78, 5) is 25.8. The average Bonchev–Trinajstić information content (AvgIpc) is 3.12. The molecule has 0 aliphatic carbocycles. The van der Waals surface area contributed by atoms with E-state index in [1.54, 1.807) is 17.0 Å². The molecule has 0 bridgehead atoms. The van der Waals surface area contributed by atoms with Crippen LogP contribution < -0.4 is 14.2 Å². The fraction of sp³-hybridized carbons (Fsp3) is 0.278. The van der Waals surface area contributed by atoms with E-state index in [0.717, 1.165) is 5.56 Å². The molecule has 1 aliphatic heterocycles. The second-order valence-corrected chi connectivity index (χ2v) is 5.58. The third-order valence-electron chi connectivity index (χ3n) is 3.90. The van der Waals surface area contributed by atoms with E-state index in [0.29, 0.717) is 29.3 Å². The first kappa shape index (κ1) is 17.5. The van der Waals surface area contributed by atoms with Gasteiger partial charge in [0.25, 0.3) is 5.91 Å². The highest BCUT2D eigenvalue weighted by molar-refractivity contribution is 5.88. The Kier molecular flexibility index (Phi) is 5.21. The Hall–Kier alpha value is -3.29. The van der Waals surface area contributed by atoms with Crippen LogP contribution in [-0.2, 0) is 16.1 Å². The van der Waals surface area contributed by atoms with E-state index in [2.05, 4.69) is 0 Å². The zero-order valence-corrected chi connectivity index (χ0v) is 14.2. The van der Waals surface area contributed by atoms with Gasteiger partial charge in [0, 0.05) is 25.2 Å². The lowest BCUT2D eigenvalue weighted by Crippen LogP contribution is -2.37. The van der Waals surface area contributed by atoms with Gasteiger partial charge in [-0.25, -0.2) is 4.79 Å². The topological polar surface area (TPSA) is 92.0 Å². The van der Waals surface area contributed by atoms with Crippen molar-refractivity contribution < 1.29 is 28.5 Å². The number of amides is 1. The maximum atomic E-state index is 12.3. The SMILES string of the molecule is CCN(Cc1ccc2c(c1)OCO2)C(=O)COC(=O)c1cccc[n+]1[O-]. The molecule has 2 aromatic rings. The Labute approximate surface area is 150 Å². The molecule has 26 heavy (non-hydrogen) atoms. The molecule has 0 saturated carbocycles. The molecule has 8 heteroatoms. The highest BCUT2D eigenvalue weighted by Gasteiger charge is 2.21. The first-order valence-electron chi connectivity index (χ1n) is 8.10. The molecule has 1 amide bonds. The number of esters is 1. The standard InChI is InChI=1S/C18H18N2O6/c1-2-19(10-13-6-7-15-16(9-13)26-12-25-15)17(21)11-24-18(22)14-5-3-4-8-20(14)23/h3-9H,2,10-12H2,1H3. The van der Waals surface area contributed by atoms with Gasteiger partial charge in [-0.3, -0.25) is 4.79 Å². The second-order valence-electron chi connectivity index (χ2n) is 5.58. The number of likely N-dealkylation sites (N-methyl/N-ethyl adjacent to an activating group) is 1. The fourth-order valence-electron chi connectivity index (χ4n) is 2.51. The van der Waals surface area contributed by atoms with E-state index in [1.165, 1.54) is 18.3 Å². The average molecular weight is 358 g/mol. The quantitative estimate of drug-likeness (QED) is 0.438. The first-order valence-corrected chi connectivity index (χ1v) is 8.10. The molecule has 0 saturated heterocycles. The highest BCUT2D eigenvalue weighted by Crippen LogP contribution is 2.32. The summed E-state index contributed by atoms with van der Waals surface area (Å²) in [6, 6.07) is 9.83. The first-order chi connectivity index (χ1) is 12.6. The summed E-state index contributed by atoms with van der Waals surface area (Å²) in [6.07, 6.45) is 1.19. The number of nitrogens with zero attached hydrogens (tertiary/aromatic N) is 2. The largest absolute Gasteiger partial charge is 0.618 e. The van der Waals surface area contributed by atoms with E-state index in [-0.39, 0.29) is 18.4 Å². The molecular formula is C18H18N2O6. The summed E-state index contributed by atoms with van der Waals surface area (Å²) in [6.45, 7) is 2.36. The van der Waals surface area contributed by atoms with Gasteiger partial charge in [0.1, 0.15) is 0 Å². The van der Waals surface area contributed by atoms with E-state index in [9.17, 15) is 14.8 Å². The van der Waals surface area contributed by atoms with Gasteiger partial charge in [-0.15, -0.1) is 0 Å².